The van der Waals surface area contributed by atoms with Crippen LogP contribution in [0.5, 0.6) is 11.5 Å². The number of rotatable bonds is 4. The number of nitrogens with zero attached hydrogens (tertiary/aromatic N) is 2. The van der Waals surface area contributed by atoms with E-state index in [9.17, 15) is 4.79 Å². The van der Waals surface area contributed by atoms with E-state index >= 15 is 0 Å². The summed E-state index contributed by atoms with van der Waals surface area (Å²) in [7, 11) is 0. The van der Waals surface area contributed by atoms with Crippen molar-refractivity contribution in [3.63, 3.8) is 0 Å². The van der Waals surface area contributed by atoms with Crippen molar-refractivity contribution in [3.8, 4) is 11.5 Å². The van der Waals surface area contributed by atoms with Crippen LogP contribution >= 0.6 is 11.6 Å². The smallest absolute Gasteiger partial charge is 0.274 e. The number of ether oxygens (including phenoxy) is 2. The number of aromatic nitrogens is 2. The predicted octanol–water partition coefficient (Wildman–Crippen LogP) is 4.21. The largest absolute Gasteiger partial charge is 0.486 e. The molecule has 0 atom stereocenters. The van der Waals surface area contributed by atoms with Gasteiger partial charge in [-0.05, 0) is 37.3 Å². The van der Waals surface area contributed by atoms with Crippen LogP contribution < -0.4 is 20.1 Å². The number of halogens is 1. The van der Waals surface area contributed by atoms with Crippen molar-refractivity contribution >= 4 is 34.8 Å². The molecule has 4 rings (SSSR count). The van der Waals surface area contributed by atoms with Crippen LogP contribution in [-0.4, -0.2) is 29.1 Å². The van der Waals surface area contributed by atoms with Crippen molar-refractivity contribution in [2.24, 2.45) is 0 Å². The summed E-state index contributed by atoms with van der Waals surface area (Å²) in [6.45, 7) is 2.83. The topological polar surface area (TPSA) is 85.4 Å². The zero-order valence-electron chi connectivity index (χ0n) is 15.0. The molecule has 0 saturated heterocycles. The first-order valence-electron chi connectivity index (χ1n) is 8.67. The first-order valence-corrected chi connectivity index (χ1v) is 9.04. The Morgan fingerprint density at radius 2 is 1.82 bits per heavy atom. The maximum atomic E-state index is 12.6. The summed E-state index contributed by atoms with van der Waals surface area (Å²) in [6.07, 6.45) is 0. The lowest BCUT2D eigenvalue weighted by Crippen LogP contribution is -2.16. The maximum Gasteiger partial charge on any atom is 0.274 e. The number of carbonyl (C=O) groups is 1. The van der Waals surface area contributed by atoms with Crippen molar-refractivity contribution in [2.75, 3.05) is 23.8 Å². The second-order valence-corrected chi connectivity index (χ2v) is 6.54. The van der Waals surface area contributed by atoms with E-state index in [1.165, 1.54) is 0 Å². The van der Waals surface area contributed by atoms with E-state index in [-0.39, 0.29) is 11.6 Å². The molecule has 1 aliphatic rings. The van der Waals surface area contributed by atoms with Crippen molar-refractivity contribution in [2.45, 2.75) is 6.92 Å². The molecule has 0 unspecified atom stereocenters. The zero-order chi connectivity index (χ0) is 19.5. The van der Waals surface area contributed by atoms with Crippen LogP contribution in [0.2, 0.25) is 5.02 Å². The summed E-state index contributed by atoms with van der Waals surface area (Å²) in [6, 6.07) is 14.1. The standard InChI is InChI=1S/C20H17ClN4O3/c1-12-10-16(19(26)24-15-5-3-2-4-14(15)21)25-20(22-12)23-13-6-7-17-18(11-13)28-9-8-27-17/h2-7,10-11H,8-9H2,1H3,(H,24,26)(H,22,23,25). The summed E-state index contributed by atoms with van der Waals surface area (Å²) in [5.41, 5.74) is 2.13. The molecule has 0 radical (unpaired) electrons. The lowest BCUT2D eigenvalue weighted by molar-refractivity contribution is 0.102. The van der Waals surface area contributed by atoms with Crippen molar-refractivity contribution in [1.29, 1.82) is 0 Å². The summed E-state index contributed by atoms with van der Waals surface area (Å²) in [5, 5.41) is 6.32. The molecule has 0 fully saturated rings. The van der Waals surface area contributed by atoms with Gasteiger partial charge in [0.25, 0.3) is 5.91 Å². The lowest BCUT2D eigenvalue weighted by Gasteiger charge is -2.19. The fourth-order valence-electron chi connectivity index (χ4n) is 2.74. The third kappa shape index (κ3) is 3.99. The highest BCUT2D eigenvalue weighted by atomic mass is 35.5. The molecule has 0 aliphatic carbocycles. The van der Waals surface area contributed by atoms with E-state index in [1.54, 1.807) is 37.3 Å². The maximum absolute atomic E-state index is 12.6. The molecule has 8 heteroatoms. The van der Waals surface area contributed by atoms with Gasteiger partial charge in [0.2, 0.25) is 5.95 Å². The van der Waals surface area contributed by atoms with E-state index in [4.69, 9.17) is 21.1 Å². The number of fused-ring (bicyclic) bond motifs is 1. The molecular weight excluding hydrogens is 380 g/mol. The number of para-hydroxylation sites is 1. The Kier molecular flexibility index (Phi) is 4.99. The predicted molar refractivity (Wildman–Crippen MR) is 107 cm³/mol. The van der Waals surface area contributed by atoms with E-state index in [0.29, 0.717) is 47.1 Å². The molecule has 142 valence electrons. The molecule has 28 heavy (non-hydrogen) atoms. The second-order valence-electron chi connectivity index (χ2n) is 6.14. The van der Waals surface area contributed by atoms with Crippen LogP contribution in [-0.2, 0) is 0 Å². The number of hydrogen-bond acceptors (Lipinski definition) is 6. The Morgan fingerprint density at radius 1 is 1.04 bits per heavy atom. The van der Waals surface area contributed by atoms with E-state index in [2.05, 4.69) is 20.6 Å². The van der Waals surface area contributed by atoms with Crippen LogP contribution in [0.3, 0.4) is 0 Å². The lowest BCUT2D eigenvalue weighted by atomic mass is 10.2. The zero-order valence-corrected chi connectivity index (χ0v) is 15.8. The minimum absolute atomic E-state index is 0.229. The van der Waals surface area contributed by atoms with Crippen molar-refractivity contribution in [1.82, 2.24) is 9.97 Å². The highest BCUT2D eigenvalue weighted by molar-refractivity contribution is 6.33. The molecular formula is C20H17ClN4O3. The van der Waals surface area contributed by atoms with E-state index < -0.39 is 0 Å². The van der Waals surface area contributed by atoms with Crippen LogP contribution in [0.4, 0.5) is 17.3 Å². The average Bonchev–Trinajstić information content (AvgIpc) is 2.69. The van der Waals surface area contributed by atoms with Gasteiger partial charge in [-0.25, -0.2) is 9.97 Å². The second kappa shape index (κ2) is 7.74. The van der Waals surface area contributed by atoms with Gasteiger partial charge in [0.1, 0.15) is 18.9 Å². The first kappa shape index (κ1) is 18.1. The van der Waals surface area contributed by atoms with Crippen LogP contribution in [0.15, 0.2) is 48.5 Å². The fourth-order valence-corrected chi connectivity index (χ4v) is 2.92. The molecule has 2 N–H and O–H groups in total. The molecule has 2 aromatic carbocycles. The number of aryl methyl sites for hydroxylation is 1. The number of nitrogens with one attached hydrogen (secondary N) is 2. The Balaban J connectivity index is 1.55. The molecule has 2 heterocycles. The normalized spacial score (nSPS) is 12.4. The molecule has 1 amide bonds. The Hall–Kier alpha value is -3.32. The number of amides is 1. The number of hydrogen-bond donors (Lipinski definition) is 2. The van der Waals surface area contributed by atoms with E-state index in [1.807, 2.05) is 18.2 Å². The third-order valence-corrected chi connectivity index (χ3v) is 4.34. The minimum atomic E-state index is -0.371. The van der Waals surface area contributed by atoms with E-state index in [0.717, 1.165) is 5.69 Å². The molecule has 3 aromatic rings. The fraction of sp³-hybridized carbons (Fsp3) is 0.150. The van der Waals surface area contributed by atoms with Gasteiger partial charge < -0.3 is 20.1 Å². The number of carbonyl (C=O) groups excluding carboxylic acids is 1. The molecule has 1 aromatic heterocycles. The van der Waals surface area contributed by atoms with Gasteiger partial charge in [0, 0.05) is 17.4 Å². The number of benzene rings is 2. The number of anilines is 3. The van der Waals surface area contributed by atoms with Gasteiger partial charge >= 0.3 is 0 Å². The highest BCUT2D eigenvalue weighted by Gasteiger charge is 2.15. The highest BCUT2D eigenvalue weighted by Crippen LogP contribution is 2.33. The minimum Gasteiger partial charge on any atom is -0.486 e. The molecule has 0 bridgehead atoms. The van der Waals surface area contributed by atoms with Crippen LogP contribution in [0.25, 0.3) is 0 Å². The van der Waals surface area contributed by atoms with Crippen LogP contribution in [0.1, 0.15) is 16.2 Å². The summed E-state index contributed by atoms with van der Waals surface area (Å²) in [4.78, 5) is 21.3. The summed E-state index contributed by atoms with van der Waals surface area (Å²) >= 11 is 6.10. The van der Waals surface area contributed by atoms with Crippen LogP contribution in [0, 0.1) is 6.92 Å². The van der Waals surface area contributed by atoms with Gasteiger partial charge in [0.05, 0.1) is 10.7 Å². The Morgan fingerprint density at radius 3 is 2.64 bits per heavy atom. The molecule has 0 spiro atoms. The van der Waals surface area contributed by atoms with Crippen molar-refractivity contribution in [3.05, 3.63) is 64.9 Å². The Bertz CT molecular complexity index is 1040. The molecule has 0 saturated carbocycles. The average molecular weight is 397 g/mol. The molecule has 7 nitrogen and oxygen atoms in total. The van der Waals surface area contributed by atoms with Gasteiger partial charge in [-0.2, -0.15) is 0 Å². The van der Waals surface area contributed by atoms with Gasteiger partial charge in [-0.3, -0.25) is 4.79 Å². The summed E-state index contributed by atoms with van der Waals surface area (Å²) < 4.78 is 11.1. The quantitative estimate of drug-likeness (QED) is 0.687. The van der Waals surface area contributed by atoms with Gasteiger partial charge in [-0.15, -0.1) is 0 Å². The first-order chi connectivity index (χ1) is 13.6. The molecule has 1 aliphatic heterocycles. The van der Waals surface area contributed by atoms with Crippen molar-refractivity contribution < 1.29 is 14.3 Å². The Labute approximate surface area is 166 Å². The van der Waals surface area contributed by atoms with Gasteiger partial charge in [0.15, 0.2) is 11.5 Å². The van der Waals surface area contributed by atoms with Gasteiger partial charge in [-0.1, -0.05) is 23.7 Å². The summed E-state index contributed by atoms with van der Waals surface area (Å²) in [5.74, 6) is 1.28. The SMILES string of the molecule is Cc1cc(C(=O)Nc2ccccc2Cl)nc(Nc2ccc3c(c2)OCCO3)n1. The third-order valence-electron chi connectivity index (χ3n) is 4.01. The monoisotopic (exact) mass is 396 g/mol.